The first kappa shape index (κ1) is 20.8. The summed E-state index contributed by atoms with van der Waals surface area (Å²) in [5.41, 5.74) is 2.77. The predicted molar refractivity (Wildman–Crippen MR) is 118 cm³/mol. The predicted octanol–water partition coefficient (Wildman–Crippen LogP) is 5.49. The molecule has 0 fully saturated rings. The quantitative estimate of drug-likeness (QED) is 0.530. The third kappa shape index (κ3) is 4.56. The van der Waals surface area contributed by atoms with Gasteiger partial charge in [-0.3, -0.25) is 0 Å². The van der Waals surface area contributed by atoms with Gasteiger partial charge in [0.15, 0.2) is 0 Å². The van der Waals surface area contributed by atoms with Crippen molar-refractivity contribution in [1.82, 2.24) is 0 Å². The van der Waals surface area contributed by atoms with E-state index >= 15 is 0 Å². The highest BCUT2D eigenvalue weighted by molar-refractivity contribution is 7.95. The molecule has 0 aliphatic rings. The number of hydrogen-bond acceptors (Lipinski definition) is 3. The number of aliphatic hydroxyl groups excluding tert-OH is 1. The van der Waals surface area contributed by atoms with Crippen molar-refractivity contribution in [2.75, 3.05) is 0 Å². The molecule has 0 aliphatic carbocycles. The Kier molecular flexibility index (Phi) is 6.47. The summed E-state index contributed by atoms with van der Waals surface area (Å²) in [6.07, 6.45) is 0.677. The van der Waals surface area contributed by atoms with E-state index in [2.05, 4.69) is 6.58 Å². The van der Waals surface area contributed by atoms with Crippen molar-refractivity contribution in [2.45, 2.75) is 24.3 Å². The zero-order chi connectivity index (χ0) is 20.9. The molecule has 0 bridgehead atoms. The van der Waals surface area contributed by atoms with Crippen molar-refractivity contribution in [3.63, 3.8) is 0 Å². The molecule has 0 heterocycles. The third-order valence-electron chi connectivity index (χ3n) is 4.75. The zero-order valence-electron chi connectivity index (χ0n) is 16.3. The SMILES string of the molecule is C=CC/C(=C(\C(O)c1ccccc1)S(=O)(=O)c1ccc(C)cc1)c1ccccc1. The van der Waals surface area contributed by atoms with E-state index in [-0.39, 0.29) is 9.80 Å². The van der Waals surface area contributed by atoms with Crippen molar-refractivity contribution < 1.29 is 13.5 Å². The van der Waals surface area contributed by atoms with Gasteiger partial charge >= 0.3 is 0 Å². The van der Waals surface area contributed by atoms with Crippen molar-refractivity contribution in [3.05, 3.63) is 119 Å². The molecule has 29 heavy (non-hydrogen) atoms. The van der Waals surface area contributed by atoms with Crippen LogP contribution in [0.2, 0.25) is 0 Å². The molecule has 148 valence electrons. The van der Waals surface area contributed by atoms with Crippen LogP contribution in [0.4, 0.5) is 0 Å². The summed E-state index contributed by atoms with van der Waals surface area (Å²) in [6, 6.07) is 24.8. The van der Waals surface area contributed by atoms with Crippen LogP contribution in [0.15, 0.2) is 107 Å². The highest BCUT2D eigenvalue weighted by Gasteiger charge is 2.31. The highest BCUT2D eigenvalue weighted by Crippen LogP contribution is 2.38. The van der Waals surface area contributed by atoms with Crippen LogP contribution in [0, 0.1) is 6.92 Å². The van der Waals surface area contributed by atoms with Crippen molar-refractivity contribution in [2.24, 2.45) is 0 Å². The molecule has 0 saturated heterocycles. The van der Waals surface area contributed by atoms with Gasteiger partial charge < -0.3 is 5.11 Å². The van der Waals surface area contributed by atoms with E-state index in [1.807, 2.05) is 43.3 Å². The van der Waals surface area contributed by atoms with Crippen LogP contribution in [0.1, 0.15) is 29.2 Å². The minimum absolute atomic E-state index is 0.0151. The van der Waals surface area contributed by atoms with Crippen LogP contribution in [0.3, 0.4) is 0 Å². The average Bonchev–Trinajstić information content (AvgIpc) is 2.74. The first-order valence-corrected chi connectivity index (χ1v) is 10.9. The maximum Gasteiger partial charge on any atom is 0.206 e. The van der Waals surface area contributed by atoms with Gasteiger partial charge in [0.2, 0.25) is 9.84 Å². The molecule has 0 amide bonds. The molecule has 1 unspecified atom stereocenters. The lowest BCUT2D eigenvalue weighted by molar-refractivity contribution is 0.223. The zero-order valence-corrected chi connectivity index (χ0v) is 17.1. The largest absolute Gasteiger partial charge is 0.383 e. The number of allylic oxidation sites excluding steroid dienone is 2. The molecule has 3 rings (SSSR count). The fraction of sp³-hybridized carbons (Fsp3) is 0.120. The Morgan fingerprint density at radius 2 is 1.48 bits per heavy atom. The Hall–Kier alpha value is -2.95. The minimum Gasteiger partial charge on any atom is -0.383 e. The smallest absolute Gasteiger partial charge is 0.206 e. The summed E-state index contributed by atoms with van der Waals surface area (Å²) in [6.45, 7) is 5.70. The fourth-order valence-corrected chi connectivity index (χ4v) is 4.95. The van der Waals surface area contributed by atoms with E-state index in [4.69, 9.17) is 0 Å². The number of aryl methyl sites for hydroxylation is 1. The summed E-state index contributed by atoms with van der Waals surface area (Å²) in [5, 5.41) is 11.2. The van der Waals surface area contributed by atoms with Crippen LogP contribution in [-0.2, 0) is 9.84 Å². The molecule has 0 saturated carbocycles. The molecular formula is C25H24O3S. The monoisotopic (exact) mass is 404 g/mol. The van der Waals surface area contributed by atoms with Crippen LogP contribution >= 0.6 is 0 Å². The molecular weight excluding hydrogens is 380 g/mol. The van der Waals surface area contributed by atoms with Gasteiger partial charge in [-0.25, -0.2) is 8.42 Å². The molecule has 1 atom stereocenters. The number of aliphatic hydroxyl groups is 1. The summed E-state index contributed by atoms with van der Waals surface area (Å²) < 4.78 is 27.4. The Morgan fingerprint density at radius 3 is 2.03 bits per heavy atom. The van der Waals surface area contributed by atoms with Gasteiger partial charge in [0, 0.05) is 0 Å². The third-order valence-corrected chi connectivity index (χ3v) is 6.69. The second-order valence-electron chi connectivity index (χ2n) is 6.83. The van der Waals surface area contributed by atoms with E-state index in [0.717, 1.165) is 11.1 Å². The van der Waals surface area contributed by atoms with E-state index in [9.17, 15) is 13.5 Å². The van der Waals surface area contributed by atoms with Gasteiger partial charge in [-0.1, -0.05) is 84.4 Å². The second kappa shape index (κ2) is 9.03. The van der Waals surface area contributed by atoms with E-state index < -0.39 is 15.9 Å². The number of benzene rings is 3. The van der Waals surface area contributed by atoms with E-state index in [0.29, 0.717) is 17.6 Å². The number of hydrogen-bond donors (Lipinski definition) is 1. The van der Waals surface area contributed by atoms with Crippen LogP contribution < -0.4 is 0 Å². The molecule has 1 N–H and O–H groups in total. The van der Waals surface area contributed by atoms with Gasteiger partial charge in [0.25, 0.3) is 0 Å². The minimum atomic E-state index is -3.95. The van der Waals surface area contributed by atoms with E-state index in [1.54, 1.807) is 54.6 Å². The average molecular weight is 405 g/mol. The van der Waals surface area contributed by atoms with Gasteiger partial charge in [0.1, 0.15) is 6.10 Å². The Balaban J connectivity index is 2.31. The summed E-state index contributed by atoms with van der Waals surface area (Å²) in [7, 11) is -3.95. The van der Waals surface area contributed by atoms with Gasteiger partial charge in [0.05, 0.1) is 9.80 Å². The maximum atomic E-state index is 13.7. The topological polar surface area (TPSA) is 54.4 Å². The van der Waals surface area contributed by atoms with Crippen LogP contribution in [-0.4, -0.2) is 13.5 Å². The van der Waals surface area contributed by atoms with Crippen molar-refractivity contribution in [3.8, 4) is 0 Å². The molecule has 0 spiro atoms. The van der Waals surface area contributed by atoms with Crippen LogP contribution in [0.25, 0.3) is 5.57 Å². The molecule has 4 heteroatoms. The Morgan fingerprint density at radius 1 is 0.931 bits per heavy atom. The molecule has 3 aromatic rings. The van der Waals surface area contributed by atoms with Gasteiger partial charge in [-0.2, -0.15) is 0 Å². The number of rotatable bonds is 7. The molecule has 0 aromatic heterocycles. The lowest BCUT2D eigenvalue weighted by atomic mass is 9.98. The standard InChI is InChI=1S/C25H24O3S/c1-3-10-23(20-11-6-4-7-12-20)25(24(26)21-13-8-5-9-14-21)29(27,28)22-17-15-19(2)16-18-22/h3-9,11-18,24,26H,1,10H2,2H3/b25-23-. The fourth-order valence-electron chi connectivity index (χ4n) is 3.25. The molecule has 3 nitrogen and oxygen atoms in total. The normalized spacial score (nSPS) is 13.4. The highest BCUT2D eigenvalue weighted by atomic mass is 32.2. The Bertz CT molecular complexity index is 1100. The van der Waals surface area contributed by atoms with Gasteiger partial charge in [-0.15, -0.1) is 6.58 Å². The molecule has 3 aromatic carbocycles. The molecule has 0 radical (unpaired) electrons. The second-order valence-corrected chi connectivity index (χ2v) is 8.75. The van der Waals surface area contributed by atoms with Crippen molar-refractivity contribution in [1.29, 1.82) is 0 Å². The van der Waals surface area contributed by atoms with Crippen LogP contribution in [0.5, 0.6) is 0 Å². The summed E-state index contributed by atoms with van der Waals surface area (Å²) in [4.78, 5) is 0.143. The van der Waals surface area contributed by atoms with E-state index in [1.165, 1.54) is 0 Å². The van der Waals surface area contributed by atoms with Gasteiger partial charge in [-0.05, 0) is 42.2 Å². The summed E-state index contributed by atoms with van der Waals surface area (Å²) >= 11 is 0. The molecule has 0 aliphatic heterocycles. The summed E-state index contributed by atoms with van der Waals surface area (Å²) in [5.74, 6) is 0. The lowest BCUT2D eigenvalue weighted by Crippen LogP contribution is -2.15. The first-order valence-electron chi connectivity index (χ1n) is 9.39. The first-order chi connectivity index (χ1) is 13.9. The maximum absolute atomic E-state index is 13.7. The Labute approximate surface area is 172 Å². The van der Waals surface area contributed by atoms with Crippen molar-refractivity contribution >= 4 is 15.4 Å². The lowest BCUT2D eigenvalue weighted by Gasteiger charge is -2.21. The number of sulfone groups is 1.